The maximum Gasteiger partial charge on any atom is 0.0748 e. The van der Waals surface area contributed by atoms with Crippen molar-refractivity contribution in [3.05, 3.63) is 0 Å². The molecular formula is C23H53N3O4. The third-order valence-electron chi connectivity index (χ3n) is 4.69. The monoisotopic (exact) mass is 435 g/mol. The average molecular weight is 436 g/mol. The summed E-state index contributed by atoms with van der Waals surface area (Å²) in [6.07, 6.45) is 2.63. The maximum absolute atomic E-state index is 8.94. The molecule has 0 heterocycles. The van der Waals surface area contributed by atoms with E-state index in [0.717, 1.165) is 38.4 Å². The van der Waals surface area contributed by atoms with E-state index < -0.39 is 0 Å². The molecule has 184 valence electrons. The molecule has 0 aromatic rings. The largest absolute Gasteiger partial charge is 0.396 e. The predicted molar refractivity (Wildman–Crippen MR) is 127 cm³/mol. The number of nitrogens with two attached hydrogens (primary N) is 2. The Morgan fingerprint density at radius 1 is 0.767 bits per heavy atom. The van der Waals surface area contributed by atoms with E-state index in [2.05, 4.69) is 33.0 Å². The predicted octanol–water partition coefficient (Wildman–Crippen LogP) is 2.68. The van der Waals surface area contributed by atoms with Gasteiger partial charge in [-0.3, -0.25) is 0 Å². The Morgan fingerprint density at radius 2 is 1.23 bits per heavy atom. The summed E-state index contributed by atoms with van der Waals surface area (Å²) in [6, 6.07) is 0. The average Bonchev–Trinajstić information content (AvgIpc) is 2.60. The molecule has 0 atom stereocenters. The molecule has 0 rings (SSSR count). The first kappa shape index (κ1) is 31.9. The van der Waals surface area contributed by atoms with Crippen LogP contribution in [-0.4, -0.2) is 74.5 Å². The quantitative estimate of drug-likeness (QED) is 0.260. The van der Waals surface area contributed by atoms with Gasteiger partial charge in [-0.15, -0.1) is 0 Å². The molecule has 0 saturated carbocycles. The first-order valence-corrected chi connectivity index (χ1v) is 11.4. The third-order valence-corrected chi connectivity index (χ3v) is 4.69. The van der Waals surface area contributed by atoms with E-state index in [-0.39, 0.29) is 23.4 Å². The molecule has 0 bridgehead atoms. The van der Waals surface area contributed by atoms with Gasteiger partial charge in [-0.1, -0.05) is 13.8 Å². The third kappa shape index (κ3) is 22.4. The van der Waals surface area contributed by atoms with Crippen LogP contribution in [0.5, 0.6) is 0 Å². The van der Waals surface area contributed by atoms with Crippen molar-refractivity contribution in [2.24, 2.45) is 17.4 Å². The van der Waals surface area contributed by atoms with Gasteiger partial charge in [0, 0.05) is 26.2 Å². The van der Waals surface area contributed by atoms with Gasteiger partial charge in [-0.05, 0) is 73.3 Å². The lowest BCUT2D eigenvalue weighted by Crippen LogP contribution is -2.37. The van der Waals surface area contributed by atoms with Crippen LogP contribution in [0.2, 0.25) is 0 Å². The topological polar surface area (TPSA) is 112 Å². The molecule has 0 unspecified atom stereocenters. The Bertz CT molecular complexity index is 389. The van der Waals surface area contributed by atoms with E-state index in [4.69, 9.17) is 30.8 Å². The first-order valence-electron chi connectivity index (χ1n) is 11.4. The molecule has 7 nitrogen and oxygen atoms in total. The van der Waals surface area contributed by atoms with Crippen molar-refractivity contribution in [3.8, 4) is 0 Å². The summed E-state index contributed by atoms with van der Waals surface area (Å²) in [6.45, 7) is 21.4. The summed E-state index contributed by atoms with van der Waals surface area (Å²) in [7, 11) is 0. The molecule has 7 heteroatoms. The molecule has 0 saturated heterocycles. The fourth-order valence-electron chi connectivity index (χ4n) is 2.30. The Morgan fingerprint density at radius 3 is 1.60 bits per heavy atom. The van der Waals surface area contributed by atoms with E-state index in [1.54, 1.807) is 0 Å². The fourth-order valence-corrected chi connectivity index (χ4v) is 2.30. The smallest absolute Gasteiger partial charge is 0.0748 e. The first-order chi connectivity index (χ1) is 13.8. The molecule has 0 fully saturated rings. The molecule has 0 radical (unpaired) electrons. The molecule has 6 N–H and O–H groups in total. The highest BCUT2D eigenvalue weighted by atomic mass is 16.5. The summed E-state index contributed by atoms with van der Waals surface area (Å²) in [5.74, 6) is 0.773. The van der Waals surface area contributed by atoms with E-state index in [0.29, 0.717) is 32.8 Å². The second-order valence-corrected chi connectivity index (χ2v) is 9.97. The molecule has 0 aromatic carbocycles. The van der Waals surface area contributed by atoms with E-state index in [9.17, 15) is 0 Å². The number of nitrogens with one attached hydrogen (secondary N) is 1. The highest BCUT2D eigenvalue weighted by Gasteiger charge is 2.21. The maximum atomic E-state index is 8.94. The minimum atomic E-state index is -0.276. The van der Waals surface area contributed by atoms with Gasteiger partial charge < -0.3 is 36.1 Å². The van der Waals surface area contributed by atoms with Crippen LogP contribution in [0.3, 0.4) is 0 Å². The van der Waals surface area contributed by atoms with Crippen molar-refractivity contribution in [2.45, 2.75) is 91.5 Å². The molecule has 0 amide bonds. The molecule has 30 heavy (non-hydrogen) atoms. The van der Waals surface area contributed by atoms with Crippen LogP contribution in [0.4, 0.5) is 0 Å². The zero-order valence-corrected chi connectivity index (χ0v) is 21.2. The highest BCUT2D eigenvalue weighted by Crippen LogP contribution is 2.16. The number of hydrogen-bond donors (Lipinski definition) is 4. The lowest BCUT2D eigenvalue weighted by molar-refractivity contribution is -0.0685. The van der Waals surface area contributed by atoms with Crippen LogP contribution in [0.1, 0.15) is 74.7 Å². The molecule has 0 aliphatic carbocycles. The van der Waals surface area contributed by atoms with Crippen LogP contribution in [0.15, 0.2) is 0 Å². The number of rotatable bonds is 17. The summed E-state index contributed by atoms with van der Waals surface area (Å²) >= 11 is 0. The second kappa shape index (κ2) is 17.3. The highest BCUT2D eigenvalue weighted by molar-refractivity contribution is 4.73. The number of hydrogen-bond acceptors (Lipinski definition) is 7. The van der Waals surface area contributed by atoms with Gasteiger partial charge in [0.15, 0.2) is 0 Å². The number of ether oxygens (including phenoxy) is 3. The number of aliphatic hydroxyl groups excluding tert-OH is 1. The van der Waals surface area contributed by atoms with Crippen molar-refractivity contribution in [1.82, 2.24) is 5.32 Å². The van der Waals surface area contributed by atoms with E-state index in [1.165, 1.54) is 0 Å². The SMILES string of the molecule is CC(C)(CN)OCCC(C)(C)OCCNCCOC(C)(C)CCO.CC(C)CCN. The van der Waals surface area contributed by atoms with Crippen molar-refractivity contribution >= 4 is 0 Å². The van der Waals surface area contributed by atoms with Crippen molar-refractivity contribution < 1.29 is 19.3 Å². The Kier molecular flexibility index (Phi) is 18.4. The van der Waals surface area contributed by atoms with Crippen molar-refractivity contribution in [3.63, 3.8) is 0 Å². The van der Waals surface area contributed by atoms with Crippen molar-refractivity contribution in [2.75, 3.05) is 52.6 Å². The summed E-state index contributed by atoms with van der Waals surface area (Å²) in [5.41, 5.74) is 10.1. The van der Waals surface area contributed by atoms with Crippen molar-refractivity contribution in [1.29, 1.82) is 0 Å². The Labute approximate surface area is 186 Å². The molecule has 0 aliphatic rings. The van der Waals surface area contributed by atoms with Gasteiger partial charge >= 0.3 is 0 Å². The van der Waals surface area contributed by atoms with Crippen LogP contribution in [0.25, 0.3) is 0 Å². The lowest BCUT2D eigenvalue weighted by Gasteiger charge is -2.29. The Hall–Kier alpha value is -0.280. The zero-order chi connectivity index (χ0) is 23.7. The van der Waals surface area contributed by atoms with Gasteiger partial charge in [0.05, 0.1) is 36.6 Å². The minimum absolute atomic E-state index is 0.148. The lowest BCUT2D eigenvalue weighted by atomic mass is 10.1. The van der Waals surface area contributed by atoms with Gasteiger partial charge in [-0.25, -0.2) is 0 Å². The summed E-state index contributed by atoms with van der Waals surface area (Å²) < 4.78 is 17.4. The van der Waals surface area contributed by atoms with Crippen LogP contribution in [-0.2, 0) is 14.2 Å². The second-order valence-electron chi connectivity index (χ2n) is 9.97. The molecule has 0 aliphatic heterocycles. The summed E-state index contributed by atoms with van der Waals surface area (Å²) in [4.78, 5) is 0. The van der Waals surface area contributed by atoms with Gasteiger partial charge in [0.1, 0.15) is 0 Å². The standard InChI is InChI=1S/C18H40N2O4.C5H13N/c1-16(2,7-11-21)23-13-9-20-10-14-24-17(3,4)8-12-22-18(5,6)15-19;1-5(2)3-4-6/h20-21H,7-15,19H2,1-6H3;5H,3-4,6H2,1-2H3. The van der Waals surface area contributed by atoms with Crippen LogP contribution in [0, 0.1) is 5.92 Å². The summed E-state index contributed by atoms with van der Waals surface area (Å²) in [5, 5.41) is 12.2. The zero-order valence-electron chi connectivity index (χ0n) is 21.2. The molecule has 0 aromatic heterocycles. The van der Waals surface area contributed by atoms with E-state index in [1.807, 2.05) is 27.7 Å². The minimum Gasteiger partial charge on any atom is -0.396 e. The van der Waals surface area contributed by atoms with Gasteiger partial charge in [0.25, 0.3) is 0 Å². The normalized spacial score (nSPS) is 12.8. The van der Waals surface area contributed by atoms with Crippen LogP contribution >= 0.6 is 0 Å². The fraction of sp³-hybridized carbons (Fsp3) is 1.00. The Balaban J connectivity index is 0. The van der Waals surface area contributed by atoms with Gasteiger partial charge in [0.2, 0.25) is 0 Å². The molecular weight excluding hydrogens is 382 g/mol. The van der Waals surface area contributed by atoms with Crippen LogP contribution < -0.4 is 16.8 Å². The van der Waals surface area contributed by atoms with E-state index >= 15 is 0 Å². The van der Waals surface area contributed by atoms with Gasteiger partial charge in [-0.2, -0.15) is 0 Å². The number of aliphatic hydroxyl groups is 1. The molecule has 0 spiro atoms.